The number of halogens is 6. The Morgan fingerprint density at radius 3 is 1.81 bits per heavy atom. The number of para-hydroxylation sites is 1. The van der Waals surface area contributed by atoms with Crippen molar-refractivity contribution in [3.8, 4) is 45.1 Å². The zero-order chi connectivity index (χ0) is 32.9. The van der Waals surface area contributed by atoms with E-state index in [-0.39, 0.29) is 17.2 Å². The molecule has 0 fully saturated rings. The minimum atomic E-state index is -4.97. The number of fused-ring (bicyclic) bond motifs is 3. The third kappa shape index (κ3) is 5.38. The van der Waals surface area contributed by atoms with Crippen LogP contribution in [0, 0.1) is 11.3 Å². The second kappa shape index (κ2) is 11.2. The van der Waals surface area contributed by atoms with Gasteiger partial charge in [0.05, 0.1) is 39.5 Å². The van der Waals surface area contributed by atoms with Gasteiger partial charge >= 0.3 is 12.4 Å². The molecule has 230 valence electrons. The van der Waals surface area contributed by atoms with Gasteiger partial charge in [-0.3, -0.25) is 4.98 Å². The molecule has 0 spiro atoms. The first-order valence-corrected chi connectivity index (χ1v) is 14.4. The average molecular weight is 634 g/mol. The lowest BCUT2D eigenvalue weighted by Crippen LogP contribution is -2.11. The predicted octanol–water partition coefficient (Wildman–Crippen LogP) is 11.1. The molecule has 3 nitrogen and oxygen atoms in total. The van der Waals surface area contributed by atoms with Gasteiger partial charge in [-0.2, -0.15) is 31.6 Å². The molecule has 0 bridgehead atoms. The van der Waals surface area contributed by atoms with Gasteiger partial charge in [-0.15, -0.1) is 0 Å². The Kier molecular flexibility index (Phi) is 7.09. The summed E-state index contributed by atoms with van der Waals surface area (Å²) in [6, 6.07) is 33.2. The Hall–Kier alpha value is -5.88. The van der Waals surface area contributed by atoms with E-state index in [2.05, 4.69) is 11.1 Å². The van der Waals surface area contributed by atoms with Crippen molar-refractivity contribution < 1.29 is 26.3 Å². The number of nitriles is 1. The normalized spacial score (nSPS) is 12.0. The molecule has 2 heterocycles. The highest BCUT2D eigenvalue weighted by Gasteiger charge is 2.37. The van der Waals surface area contributed by atoms with E-state index in [4.69, 9.17) is 0 Å². The topological polar surface area (TPSA) is 41.6 Å². The molecule has 0 amide bonds. The molecule has 0 unspecified atom stereocenters. The van der Waals surface area contributed by atoms with E-state index < -0.39 is 23.5 Å². The summed E-state index contributed by atoms with van der Waals surface area (Å²) in [4.78, 5) is 4.10. The van der Waals surface area contributed by atoms with Crippen molar-refractivity contribution in [1.82, 2.24) is 9.55 Å². The van der Waals surface area contributed by atoms with Gasteiger partial charge in [0.2, 0.25) is 0 Å². The van der Waals surface area contributed by atoms with Gasteiger partial charge in [-0.1, -0.05) is 54.6 Å². The minimum Gasteiger partial charge on any atom is -0.309 e. The SMILES string of the molecule is N#Cc1cc(-n2c3ccccc3c3cc(-c4cc(C(F)(F)F)cc(C(F)(F)F)c4)ccc32)c(-c2ccccc2)cc1-c1ccncc1. The number of rotatable bonds is 4. The van der Waals surface area contributed by atoms with Crippen molar-refractivity contribution in [3.63, 3.8) is 0 Å². The summed E-state index contributed by atoms with van der Waals surface area (Å²) >= 11 is 0. The van der Waals surface area contributed by atoms with Crippen LogP contribution in [0.2, 0.25) is 0 Å². The number of benzene rings is 5. The van der Waals surface area contributed by atoms with E-state index in [9.17, 15) is 31.6 Å². The fourth-order valence-electron chi connectivity index (χ4n) is 6.02. The van der Waals surface area contributed by atoms with Gasteiger partial charge in [0, 0.05) is 34.3 Å². The summed E-state index contributed by atoms with van der Waals surface area (Å²) < 4.78 is 84.1. The molecule has 0 aliphatic carbocycles. The van der Waals surface area contributed by atoms with E-state index in [0.29, 0.717) is 27.7 Å². The van der Waals surface area contributed by atoms with Crippen LogP contribution in [0.1, 0.15) is 16.7 Å². The smallest absolute Gasteiger partial charge is 0.309 e. The molecule has 0 aliphatic rings. The Balaban J connectivity index is 1.51. The van der Waals surface area contributed by atoms with Gasteiger partial charge in [0.25, 0.3) is 0 Å². The van der Waals surface area contributed by atoms with Gasteiger partial charge in [-0.05, 0) is 82.9 Å². The molecule has 9 heteroatoms. The number of aromatic nitrogens is 2. The Morgan fingerprint density at radius 1 is 0.532 bits per heavy atom. The van der Waals surface area contributed by atoms with E-state index >= 15 is 0 Å². The first kappa shape index (κ1) is 29.8. The van der Waals surface area contributed by atoms with Gasteiger partial charge in [-0.25, -0.2) is 0 Å². The Morgan fingerprint density at radius 2 is 1.15 bits per heavy atom. The molecular formula is C38H21F6N3. The summed E-state index contributed by atoms with van der Waals surface area (Å²) in [6.07, 6.45) is -6.63. The summed E-state index contributed by atoms with van der Waals surface area (Å²) in [5.41, 5.74) is 2.97. The highest BCUT2D eigenvalue weighted by atomic mass is 19.4. The van der Waals surface area contributed by atoms with Crippen LogP contribution in [0.25, 0.3) is 60.9 Å². The number of alkyl halides is 6. The maximum absolute atomic E-state index is 13.7. The van der Waals surface area contributed by atoms with Crippen LogP contribution in [0.4, 0.5) is 26.3 Å². The van der Waals surface area contributed by atoms with Crippen molar-refractivity contribution in [2.24, 2.45) is 0 Å². The molecule has 0 saturated carbocycles. The number of pyridine rings is 1. The van der Waals surface area contributed by atoms with Crippen LogP contribution >= 0.6 is 0 Å². The molecule has 7 rings (SSSR count). The van der Waals surface area contributed by atoms with Crippen molar-refractivity contribution in [1.29, 1.82) is 5.26 Å². The zero-order valence-corrected chi connectivity index (χ0v) is 24.2. The second-order valence-corrected chi connectivity index (χ2v) is 11.0. The lowest BCUT2D eigenvalue weighted by Gasteiger charge is -2.17. The van der Waals surface area contributed by atoms with Gasteiger partial charge in [0.15, 0.2) is 0 Å². The fourth-order valence-corrected chi connectivity index (χ4v) is 6.02. The molecule has 2 aromatic heterocycles. The standard InChI is InChI=1S/C38H21F6N3/c39-37(40,41)28-16-26(17-29(20-28)38(42,43)44)25-10-11-35-33(18-25)30-8-4-5-9-34(30)47(35)36-19-27(22-45)31(24-12-14-46-15-13-24)21-32(36)23-6-2-1-3-7-23/h1-21H. The van der Waals surface area contributed by atoms with Crippen LogP contribution in [0.15, 0.2) is 128 Å². The molecule has 0 saturated heterocycles. The highest BCUT2D eigenvalue weighted by molar-refractivity contribution is 6.11. The predicted molar refractivity (Wildman–Crippen MR) is 170 cm³/mol. The molecule has 0 atom stereocenters. The molecular weight excluding hydrogens is 612 g/mol. The quantitative estimate of drug-likeness (QED) is 0.181. The maximum Gasteiger partial charge on any atom is 0.416 e. The molecule has 5 aromatic carbocycles. The van der Waals surface area contributed by atoms with Crippen molar-refractivity contribution in [3.05, 3.63) is 144 Å². The maximum atomic E-state index is 13.7. The van der Waals surface area contributed by atoms with Crippen LogP contribution in [0.5, 0.6) is 0 Å². The number of hydrogen-bond acceptors (Lipinski definition) is 2. The first-order valence-electron chi connectivity index (χ1n) is 14.4. The lowest BCUT2D eigenvalue weighted by molar-refractivity contribution is -0.143. The van der Waals surface area contributed by atoms with Crippen LogP contribution in [-0.2, 0) is 12.4 Å². The van der Waals surface area contributed by atoms with Crippen molar-refractivity contribution >= 4 is 21.8 Å². The second-order valence-electron chi connectivity index (χ2n) is 11.0. The van der Waals surface area contributed by atoms with Gasteiger partial charge in [0.1, 0.15) is 0 Å². The largest absolute Gasteiger partial charge is 0.416 e. The minimum absolute atomic E-state index is 0.126. The highest BCUT2D eigenvalue weighted by Crippen LogP contribution is 2.42. The van der Waals surface area contributed by atoms with E-state index in [1.165, 1.54) is 6.07 Å². The van der Waals surface area contributed by atoms with Crippen LogP contribution in [-0.4, -0.2) is 9.55 Å². The summed E-state index contributed by atoms with van der Waals surface area (Å²) in [5, 5.41) is 11.6. The lowest BCUT2D eigenvalue weighted by atomic mass is 9.93. The average Bonchev–Trinajstić information content (AvgIpc) is 3.41. The third-order valence-electron chi connectivity index (χ3n) is 8.17. The van der Waals surface area contributed by atoms with E-state index in [0.717, 1.165) is 39.7 Å². The van der Waals surface area contributed by atoms with Crippen LogP contribution in [0.3, 0.4) is 0 Å². The van der Waals surface area contributed by atoms with Crippen molar-refractivity contribution in [2.75, 3.05) is 0 Å². The third-order valence-corrected chi connectivity index (χ3v) is 8.17. The van der Waals surface area contributed by atoms with Crippen LogP contribution < -0.4 is 0 Å². The molecule has 0 radical (unpaired) electrons. The molecule has 0 aliphatic heterocycles. The zero-order valence-electron chi connectivity index (χ0n) is 24.2. The summed E-state index contributed by atoms with van der Waals surface area (Å²) in [5.74, 6) is 0. The van der Waals surface area contributed by atoms with E-state index in [1.807, 2.05) is 77.4 Å². The summed E-state index contributed by atoms with van der Waals surface area (Å²) in [6.45, 7) is 0. The monoisotopic (exact) mass is 633 g/mol. The van der Waals surface area contributed by atoms with Crippen molar-refractivity contribution in [2.45, 2.75) is 12.4 Å². The Labute approximate surface area is 264 Å². The molecule has 47 heavy (non-hydrogen) atoms. The Bertz CT molecular complexity index is 2300. The fraction of sp³-hybridized carbons (Fsp3) is 0.0526. The number of nitrogens with zero attached hydrogens (tertiary/aromatic N) is 3. The number of hydrogen-bond donors (Lipinski definition) is 0. The van der Waals surface area contributed by atoms with Gasteiger partial charge < -0.3 is 4.57 Å². The summed E-state index contributed by atoms with van der Waals surface area (Å²) in [7, 11) is 0. The molecule has 7 aromatic rings. The van der Waals surface area contributed by atoms with E-state index in [1.54, 1.807) is 30.6 Å². The molecule has 0 N–H and O–H groups in total. The first-order chi connectivity index (χ1) is 22.5.